The van der Waals surface area contributed by atoms with Gasteiger partial charge in [-0.3, -0.25) is 4.79 Å². The van der Waals surface area contributed by atoms with Crippen molar-refractivity contribution >= 4 is 27.6 Å². The third-order valence-electron chi connectivity index (χ3n) is 5.29. The quantitative estimate of drug-likeness (QED) is 0.500. The monoisotopic (exact) mass is 450 g/mol. The van der Waals surface area contributed by atoms with Gasteiger partial charge in [0.15, 0.2) is 6.61 Å². The summed E-state index contributed by atoms with van der Waals surface area (Å²) in [6.07, 6.45) is 2.15. The lowest BCUT2D eigenvalue weighted by atomic mass is 10.1. The zero-order valence-corrected chi connectivity index (χ0v) is 19.2. The molecule has 1 amide bonds. The molecule has 9 nitrogen and oxygen atoms in total. The summed E-state index contributed by atoms with van der Waals surface area (Å²) < 4.78 is 32.4. The van der Waals surface area contributed by atoms with Crippen molar-refractivity contribution in [1.82, 2.24) is 9.21 Å². The number of esters is 1. The zero-order valence-electron chi connectivity index (χ0n) is 18.3. The summed E-state index contributed by atoms with van der Waals surface area (Å²) in [4.78, 5) is 28.4. The Balaban J connectivity index is 2.30. The van der Waals surface area contributed by atoms with Crippen LogP contribution in [0, 0.1) is 11.3 Å². The van der Waals surface area contributed by atoms with E-state index in [4.69, 9.17) is 10.00 Å². The van der Waals surface area contributed by atoms with Gasteiger partial charge in [0.2, 0.25) is 10.0 Å². The molecular formula is C21H30N4O5S. The molecule has 170 valence electrons. The molecule has 1 heterocycles. The van der Waals surface area contributed by atoms with Gasteiger partial charge in [-0.05, 0) is 31.0 Å². The Morgan fingerprint density at radius 1 is 1.19 bits per heavy atom. The Hall–Kier alpha value is -2.64. The number of nitrogens with zero attached hydrogens (tertiary/aromatic N) is 4. The highest BCUT2D eigenvalue weighted by Gasteiger charge is 2.27. The second kappa shape index (κ2) is 11.1. The van der Waals surface area contributed by atoms with Gasteiger partial charge < -0.3 is 14.5 Å². The van der Waals surface area contributed by atoms with Crippen LogP contribution in [-0.2, 0) is 19.6 Å². The van der Waals surface area contributed by atoms with Crippen molar-refractivity contribution < 1.29 is 22.7 Å². The molecule has 1 aliphatic heterocycles. The van der Waals surface area contributed by atoms with Crippen LogP contribution < -0.4 is 4.90 Å². The lowest BCUT2D eigenvalue weighted by molar-refractivity contribution is -0.133. The fourth-order valence-corrected chi connectivity index (χ4v) is 4.93. The second-order valence-corrected chi connectivity index (χ2v) is 9.20. The largest absolute Gasteiger partial charge is 0.452 e. The number of nitriles is 1. The van der Waals surface area contributed by atoms with E-state index in [1.807, 2.05) is 11.0 Å². The number of likely N-dealkylation sites (N-methyl/N-ethyl adjacent to an activating group) is 1. The van der Waals surface area contributed by atoms with Crippen LogP contribution in [0.1, 0.15) is 43.5 Å². The number of carbonyl (C=O) groups excluding carboxylic acids is 2. The van der Waals surface area contributed by atoms with Crippen LogP contribution in [0.2, 0.25) is 0 Å². The normalized spacial score (nSPS) is 13.8. The number of ether oxygens (including phenoxy) is 1. The summed E-state index contributed by atoms with van der Waals surface area (Å²) >= 11 is 0. The first-order chi connectivity index (χ1) is 14.8. The number of hydrogen-bond donors (Lipinski definition) is 0. The first kappa shape index (κ1) is 24.6. The number of rotatable bonds is 10. The Kier molecular flexibility index (Phi) is 8.83. The minimum atomic E-state index is -3.75. The summed E-state index contributed by atoms with van der Waals surface area (Å²) in [5.41, 5.74) is 0.730. The standard InChI is InChI=1S/C21H30N4O5S/c1-4-25(5-2)31(28,29)17-9-10-19(24-13-6-7-14-24)18(15-17)21(27)30-16-20(26)23(3)12-8-11-22/h9-10,15H,4-8,12-14,16H2,1-3H3. The van der Waals surface area contributed by atoms with E-state index < -0.39 is 28.5 Å². The van der Waals surface area contributed by atoms with Crippen LogP contribution in [0.15, 0.2) is 23.1 Å². The van der Waals surface area contributed by atoms with Gasteiger partial charge in [0.25, 0.3) is 5.91 Å². The van der Waals surface area contributed by atoms with Gasteiger partial charge in [0.1, 0.15) is 0 Å². The maximum absolute atomic E-state index is 12.9. The predicted molar refractivity (Wildman–Crippen MR) is 116 cm³/mol. The van der Waals surface area contributed by atoms with Gasteiger partial charge in [0.05, 0.1) is 28.6 Å². The van der Waals surface area contributed by atoms with E-state index in [9.17, 15) is 18.0 Å². The Morgan fingerprint density at radius 3 is 2.42 bits per heavy atom. The number of benzene rings is 1. The molecule has 1 saturated heterocycles. The lowest BCUT2D eigenvalue weighted by Crippen LogP contribution is -2.32. The molecule has 0 radical (unpaired) electrons. The van der Waals surface area contributed by atoms with Crippen molar-refractivity contribution in [2.75, 3.05) is 51.3 Å². The summed E-state index contributed by atoms with van der Waals surface area (Å²) in [7, 11) is -2.22. The van der Waals surface area contributed by atoms with Crippen LogP contribution in [0.25, 0.3) is 0 Å². The molecule has 0 saturated carbocycles. The summed E-state index contributed by atoms with van der Waals surface area (Å²) in [5, 5.41) is 8.63. The molecule has 0 spiro atoms. The highest BCUT2D eigenvalue weighted by atomic mass is 32.2. The van der Waals surface area contributed by atoms with Crippen molar-refractivity contribution in [1.29, 1.82) is 5.26 Å². The van der Waals surface area contributed by atoms with Crippen LogP contribution in [0.3, 0.4) is 0 Å². The van der Waals surface area contributed by atoms with Crippen LogP contribution in [0.5, 0.6) is 0 Å². The van der Waals surface area contributed by atoms with Gasteiger partial charge in [-0.1, -0.05) is 13.8 Å². The summed E-state index contributed by atoms with van der Waals surface area (Å²) in [6, 6.07) is 6.45. The van der Waals surface area contributed by atoms with Crippen molar-refractivity contribution in [3.05, 3.63) is 23.8 Å². The van der Waals surface area contributed by atoms with Gasteiger partial charge in [-0.15, -0.1) is 0 Å². The van der Waals surface area contributed by atoms with Crippen molar-refractivity contribution in [2.45, 2.75) is 38.0 Å². The lowest BCUT2D eigenvalue weighted by Gasteiger charge is -2.23. The fourth-order valence-electron chi connectivity index (χ4n) is 3.44. The van der Waals surface area contributed by atoms with Crippen LogP contribution >= 0.6 is 0 Å². The summed E-state index contributed by atoms with van der Waals surface area (Å²) in [5.74, 6) is -1.18. The van der Waals surface area contributed by atoms with Crippen molar-refractivity contribution in [2.24, 2.45) is 0 Å². The highest BCUT2D eigenvalue weighted by Crippen LogP contribution is 2.29. The SMILES string of the molecule is CCN(CC)S(=O)(=O)c1ccc(N2CCCC2)c(C(=O)OCC(=O)N(C)CCC#N)c1. The molecule has 0 atom stereocenters. The highest BCUT2D eigenvalue weighted by molar-refractivity contribution is 7.89. The zero-order chi connectivity index (χ0) is 23.0. The molecule has 10 heteroatoms. The number of anilines is 1. The van der Waals surface area contributed by atoms with Gasteiger partial charge >= 0.3 is 5.97 Å². The molecule has 0 unspecified atom stereocenters. The first-order valence-electron chi connectivity index (χ1n) is 10.4. The third kappa shape index (κ3) is 5.95. The molecule has 1 fully saturated rings. The predicted octanol–water partition coefficient (Wildman–Crippen LogP) is 1.85. The van der Waals surface area contributed by atoms with Crippen molar-refractivity contribution in [3.63, 3.8) is 0 Å². The van der Waals surface area contributed by atoms with Crippen LogP contribution in [-0.4, -0.2) is 75.9 Å². The molecule has 31 heavy (non-hydrogen) atoms. The fraction of sp³-hybridized carbons (Fsp3) is 0.571. The molecule has 2 rings (SSSR count). The van der Waals surface area contributed by atoms with Gasteiger partial charge in [0, 0.05) is 39.8 Å². The number of sulfonamides is 1. The molecule has 1 aliphatic rings. The minimum absolute atomic E-state index is 0.0172. The maximum atomic E-state index is 12.9. The van der Waals surface area contributed by atoms with E-state index in [-0.39, 0.29) is 23.4 Å². The molecule has 1 aromatic rings. The molecule has 1 aromatic carbocycles. The number of hydrogen-bond acceptors (Lipinski definition) is 7. The second-order valence-electron chi connectivity index (χ2n) is 7.26. The smallest absolute Gasteiger partial charge is 0.340 e. The average molecular weight is 451 g/mol. The molecule has 0 aliphatic carbocycles. The van der Waals surface area contributed by atoms with Crippen molar-refractivity contribution in [3.8, 4) is 6.07 Å². The topological polar surface area (TPSA) is 111 Å². The Bertz CT molecular complexity index is 932. The molecular weight excluding hydrogens is 420 g/mol. The average Bonchev–Trinajstić information content (AvgIpc) is 3.30. The number of carbonyl (C=O) groups is 2. The maximum Gasteiger partial charge on any atom is 0.340 e. The van der Waals surface area contributed by atoms with E-state index in [2.05, 4.69) is 0 Å². The van der Waals surface area contributed by atoms with Crippen LogP contribution in [0.4, 0.5) is 5.69 Å². The molecule has 0 aromatic heterocycles. The molecule has 0 N–H and O–H groups in total. The summed E-state index contributed by atoms with van der Waals surface area (Å²) in [6.45, 7) is 5.42. The third-order valence-corrected chi connectivity index (χ3v) is 7.34. The Labute approximate surface area is 184 Å². The van der Waals surface area contributed by atoms with Gasteiger partial charge in [-0.2, -0.15) is 9.57 Å². The van der Waals surface area contributed by atoms with E-state index in [0.29, 0.717) is 18.8 Å². The van der Waals surface area contributed by atoms with Gasteiger partial charge in [-0.25, -0.2) is 13.2 Å². The van der Waals surface area contributed by atoms with E-state index >= 15 is 0 Å². The van der Waals surface area contributed by atoms with E-state index in [0.717, 1.165) is 25.9 Å². The van der Waals surface area contributed by atoms with E-state index in [1.165, 1.54) is 28.4 Å². The minimum Gasteiger partial charge on any atom is -0.452 e. The van der Waals surface area contributed by atoms with E-state index in [1.54, 1.807) is 19.9 Å². The Morgan fingerprint density at radius 2 is 1.84 bits per heavy atom. The first-order valence-corrected chi connectivity index (χ1v) is 11.9. The number of amides is 1. The molecule has 0 bridgehead atoms.